The number of carbonyl (C=O) groups excluding carboxylic acids is 1. The standard InChI is InChI=1S/C22H45N3O2/c1-10-21(6)15-14-17(3)22(7,11-2)25(21)27-19(5)20(26)23-16-12-13-18(4)24(8)9/h17-19H,10-16H2,1-9H3,(H,23,26). The van der Waals surface area contributed by atoms with Gasteiger partial charge in [0.2, 0.25) is 0 Å². The molecular weight excluding hydrogens is 338 g/mol. The lowest BCUT2D eigenvalue weighted by Gasteiger charge is -2.57. The Morgan fingerprint density at radius 1 is 1.26 bits per heavy atom. The van der Waals surface area contributed by atoms with Crippen molar-refractivity contribution in [3.8, 4) is 0 Å². The third-order valence-electron chi connectivity index (χ3n) is 7.22. The number of carbonyl (C=O) groups is 1. The number of piperidine rings is 1. The summed E-state index contributed by atoms with van der Waals surface area (Å²) >= 11 is 0. The van der Waals surface area contributed by atoms with E-state index in [0.29, 0.717) is 18.5 Å². The molecule has 0 bridgehead atoms. The molecule has 5 heteroatoms. The number of rotatable bonds is 10. The van der Waals surface area contributed by atoms with Crippen molar-refractivity contribution in [2.24, 2.45) is 5.92 Å². The lowest BCUT2D eigenvalue weighted by Crippen LogP contribution is -2.65. The predicted octanol–water partition coefficient (Wildman–Crippen LogP) is 4.22. The van der Waals surface area contributed by atoms with Crippen molar-refractivity contribution >= 4 is 5.91 Å². The van der Waals surface area contributed by atoms with Crippen LogP contribution in [-0.2, 0) is 9.63 Å². The highest BCUT2D eigenvalue weighted by Crippen LogP contribution is 2.45. The maximum atomic E-state index is 12.6. The number of hydroxylamine groups is 2. The zero-order chi connectivity index (χ0) is 20.8. The summed E-state index contributed by atoms with van der Waals surface area (Å²) in [4.78, 5) is 21.2. The first-order valence-electron chi connectivity index (χ1n) is 10.9. The molecule has 1 heterocycles. The third kappa shape index (κ3) is 5.91. The smallest absolute Gasteiger partial charge is 0.250 e. The van der Waals surface area contributed by atoms with Crippen LogP contribution in [0.15, 0.2) is 0 Å². The van der Waals surface area contributed by atoms with Crippen molar-refractivity contribution in [2.75, 3.05) is 20.6 Å². The first-order valence-corrected chi connectivity index (χ1v) is 10.9. The summed E-state index contributed by atoms with van der Waals surface area (Å²) in [5.74, 6) is 0.535. The molecule has 5 unspecified atom stereocenters. The predicted molar refractivity (Wildman–Crippen MR) is 114 cm³/mol. The molecule has 160 valence electrons. The van der Waals surface area contributed by atoms with Gasteiger partial charge in [0, 0.05) is 23.7 Å². The van der Waals surface area contributed by atoms with Gasteiger partial charge in [0.05, 0.1) is 0 Å². The molecule has 1 rings (SSSR count). The summed E-state index contributed by atoms with van der Waals surface area (Å²) < 4.78 is 0. The molecule has 0 aliphatic carbocycles. The van der Waals surface area contributed by atoms with Crippen LogP contribution < -0.4 is 5.32 Å². The summed E-state index contributed by atoms with van der Waals surface area (Å²) in [6, 6.07) is 0.529. The second kappa shape index (κ2) is 10.2. The molecule has 1 aliphatic heterocycles. The second-order valence-corrected chi connectivity index (χ2v) is 9.29. The third-order valence-corrected chi connectivity index (χ3v) is 7.22. The highest BCUT2D eigenvalue weighted by molar-refractivity contribution is 5.80. The zero-order valence-corrected chi connectivity index (χ0v) is 19.4. The van der Waals surface area contributed by atoms with Gasteiger partial charge in [-0.2, -0.15) is 5.06 Å². The van der Waals surface area contributed by atoms with Crippen LogP contribution in [-0.4, -0.2) is 59.7 Å². The number of nitrogens with zero attached hydrogens (tertiary/aromatic N) is 2. The Morgan fingerprint density at radius 3 is 2.41 bits per heavy atom. The lowest BCUT2D eigenvalue weighted by atomic mass is 9.71. The van der Waals surface area contributed by atoms with Crippen LogP contribution in [0, 0.1) is 5.92 Å². The zero-order valence-electron chi connectivity index (χ0n) is 19.4. The monoisotopic (exact) mass is 383 g/mol. The highest BCUT2D eigenvalue weighted by Gasteiger charge is 2.50. The van der Waals surface area contributed by atoms with E-state index in [1.54, 1.807) is 0 Å². The Hall–Kier alpha value is -0.650. The van der Waals surface area contributed by atoms with Crippen LogP contribution in [0.5, 0.6) is 0 Å². The molecule has 0 spiro atoms. The molecule has 1 aliphatic rings. The Morgan fingerprint density at radius 2 is 1.89 bits per heavy atom. The first-order chi connectivity index (χ1) is 12.5. The van der Waals surface area contributed by atoms with Crippen molar-refractivity contribution < 1.29 is 9.63 Å². The van der Waals surface area contributed by atoms with E-state index in [1.807, 2.05) is 6.92 Å². The Bertz CT molecular complexity index is 470. The molecule has 27 heavy (non-hydrogen) atoms. The SMILES string of the molecule is CCC1(C)CCC(C)C(C)(CC)N1OC(C)C(=O)NCCCC(C)N(C)C. The number of nitrogens with one attached hydrogen (secondary N) is 1. The topological polar surface area (TPSA) is 44.8 Å². The van der Waals surface area contributed by atoms with E-state index in [-0.39, 0.29) is 17.0 Å². The van der Waals surface area contributed by atoms with Gasteiger partial charge in [0.25, 0.3) is 5.91 Å². The van der Waals surface area contributed by atoms with Crippen LogP contribution in [0.4, 0.5) is 0 Å². The molecule has 1 N–H and O–H groups in total. The van der Waals surface area contributed by atoms with E-state index in [1.165, 1.54) is 6.42 Å². The molecule has 5 nitrogen and oxygen atoms in total. The minimum atomic E-state index is -0.474. The minimum absolute atomic E-state index is 0.0114. The number of hydrogen-bond donors (Lipinski definition) is 1. The second-order valence-electron chi connectivity index (χ2n) is 9.29. The Balaban J connectivity index is 2.67. The van der Waals surface area contributed by atoms with E-state index in [4.69, 9.17) is 4.84 Å². The van der Waals surface area contributed by atoms with Gasteiger partial charge < -0.3 is 10.2 Å². The Labute approximate surface area is 168 Å². The fourth-order valence-electron chi connectivity index (χ4n) is 4.03. The molecule has 1 amide bonds. The van der Waals surface area contributed by atoms with Crippen molar-refractivity contribution in [2.45, 2.75) is 110 Å². The Kier molecular flexibility index (Phi) is 9.23. The number of amides is 1. The maximum Gasteiger partial charge on any atom is 0.250 e. The van der Waals surface area contributed by atoms with Crippen molar-refractivity contribution in [3.05, 3.63) is 0 Å². The first kappa shape index (κ1) is 24.4. The van der Waals surface area contributed by atoms with Gasteiger partial charge in [-0.05, 0) is 86.2 Å². The molecule has 0 aromatic carbocycles. The van der Waals surface area contributed by atoms with Crippen LogP contribution in [0.25, 0.3) is 0 Å². The highest BCUT2D eigenvalue weighted by atomic mass is 16.7. The van der Waals surface area contributed by atoms with Gasteiger partial charge in [-0.15, -0.1) is 0 Å². The number of hydrogen-bond acceptors (Lipinski definition) is 4. The summed E-state index contributed by atoms with van der Waals surface area (Å²) in [5.41, 5.74) is -0.0638. The molecule has 0 radical (unpaired) electrons. The van der Waals surface area contributed by atoms with Crippen molar-refractivity contribution in [1.82, 2.24) is 15.3 Å². The van der Waals surface area contributed by atoms with Gasteiger partial charge in [0.15, 0.2) is 6.10 Å². The maximum absolute atomic E-state index is 12.6. The lowest BCUT2D eigenvalue weighted by molar-refractivity contribution is -0.316. The normalized spacial score (nSPS) is 31.7. The van der Waals surface area contributed by atoms with Gasteiger partial charge in [-0.3, -0.25) is 9.63 Å². The van der Waals surface area contributed by atoms with E-state index < -0.39 is 6.10 Å². The van der Waals surface area contributed by atoms with Crippen LogP contribution in [0.2, 0.25) is 0 Å². The molecule has 0 aromatic rings. The van der Waals surface area contributed by atoms with Crippen LogP contribution >= 0.6 is 0 Å². The molecule has 1 fully saturated rings. The van der Waals surface area contributed by atoms with Gasteiger partial charge in [0.1, 0.15) is 0 Å². The van der Waals surface area contributed by atoms with Gasteiger partial charge >= 0.3 is 0 Å². The quantitative estimate of drug-likeness (QED) is 0.574. The van der Waals surface area contributed by atoms with Crippen molar-refractivity contribution in [1.29, 1.82) is 0 Å². The average molecular weight is 384 g/mol. The largest absolute Gasteiger partial charge is 0.354 e. The van der Waals surface area contributed by atoms with Crippen LogP contribution in [0.3, 0.4) is 0 Å². The summed E-state index contributed by atoms with van der Waals surface area (Å²) in [6.07, 6.45) is 5.94. The summed E-state index contributed by atoms with van der Waals surface area (Å²) in [5, 5.41) is 5.25. The van der Waals surface area contributed by atoms with Crippen LogP contribution in [0.1, 0.15) is 87.0 Å². The van der Waals surface area contributed by atoms with E-state index in [2.05, 4.69) is 70.9 Å². The van der Waals surface area contributed by atoms with E-state index in [0.717, 1.165) is 32.1 Å². The fourth-order valence-corrected chi connectivity index (χ4v) is 4.03. The minimum Gasteiger partial charge on any atom is -0.354 e. The van der Waals surface area contributed by atoms with E-state index >= 15 is 0 Å². The fraction of sp³-hybridized carbons (Fsp3) is 0.955. The summed E-state index contributed by atoms with van der Waals surface area (Å²) in [6.45, 7) is 16.1. The molecule has 1 saturated heterocycles. The molecule has 0 saturated carbocycles. The molecule has 5 atom stereocenters. The van der Waals surface area contributed by atoms with Gasteiger partial charge in [-0.25, -0.2) is 0 Å². The molecular formula is C22H45N3O2. The van der Waals surface area contributed by atoms with Crippen molar-refractivity contribution in [3.63, 3.8) is 0 Å². The average Bonchev–Trinajstić information content (AvgIpc) is 2.64. The van der Waals surface area contributed by atoms with E-state index in [9.17, 15) is 4.79 Å². The summed E-state index contributed by atoms with van der Waals surface area (Å²) in [7, 11) is 4.18. The van der Waals surface area contributed by atoms with Gasteiger partial charge in [-0.1, -0.05) is 20.8 Å². The molecule has 0 aromatic heterocycles.